The predicted octanol–water partition coefficient (Wildman–Crippen LogP) is 2.90. The molecule has 0 aliphatic rings. The lowest BCUT2D eigenvalue weighted by Gasteiger charge is -2.14. The van der Waals surface area contributed by atoms with Gasteiger partial charge in [-0.2, -0.15) is 0 Å². The van der Waals surface area contributed by atoms with Gasteiger partial charge >= 0.3 is 0 Å². The van der Waals surface area contributed by atoms with Crippen molar-refractivity contribution in [1.82, 2.24) is 10.6 Å². The first-order valence-electron chi connectivity index (χ1n) is 8.83. The van der Waals surface area contributed by atoms with Crippen LogP contribution in [0.4, 0.5) is 4.39 Å². The maximum Gasteiger partial charge on any atom is 0.191 e. The smallest absolute Gasteiger partial charge is 0.191 e. The van der Waals surface area contributed by atoms with Crippen molar-refractivity contribution in [2.75, 3.05) is 27.0 Å². The van der Waals surface area contributed by atoms with Gasteiger partial charge in [-0.15, -0.1) is 24.0 Å². The van der Waals surface area contributed by atoms with E-state index in [-0.39, 0.29) is 36.3 Å². The van der Waals surface area contributed by atoms with Crippen molar-refractivity contribution < 1.29 is 17.5 Å². The monoisotopic (exact) mass is 535 g/mol. The molecule has 0 spiro atoms. The molecule has 2 N–H and O–H groups in total. The fraction of sp³-hybridized carbons (Fsp3) is 0.350. The highest BCUT2D eigenvalue weighted by Gasteiger charge is 2.11. The molecule has 2 aromatic rings. The van der Waals surface area contributed by atoms with Gasteiger partial charge in [-0.25, -0.2) is 12.8 Å². The van der Waals surface area contributed by atoms with Crippen LogP contribution in [0.3, 0.4) is 0 Å². The summed E-state index contributed by atoms with van der Waals surface area (Å²) in [5.41, 5.74) is 2.28. The second-order valence-electron chi connectivity index (χ2n) is 6.44. The van der Waals surface area contributed by atoms with Crippen LogP contribution in [0.2, 0.25) is 0 Å². The summed E-state index contributed by atoms with van der Waals surface area (Å²) in [5.74, 6) is 0.823. The molecule has 0 radical (unpaired) electrons. The fourth-order valence-electron chi connectivity index (χ4n) is 2.74. The molecule has 2 rings (SSSR count). The normalized spacial score (nSPS) is 11.5. The Morgan fingerprint density at radius 1 is 1.14 bits per heavy atom. The Morgan fingerprint density at radius 2 is 1.90 bits per heavy atom. The van der Waals surface area contributed by atoms with Crippen molar-refractivity contribution in [3.8, 4) is 5.75 Å². The SMILES string of the molecule is CN=C(NCCc1cccc(OC)c1)NCc1cc(F)ccc1CS(C)(=O)=O.I. The van der Waals surface area contributed by atoms with E-state index in [4.69, 9.17) is 4.74 Å². The van der Waals surface area contributed by atoms with Gasteiger partial charge in [-0.1, -0.05) is 18.2 Å². The lowest BCUT2D eigenvalue weighted by molar-refractivity contribution is 0.414. The summed E-state index contributed by atoms with van der Waals surface area (Å²) in [5, 5.41) is 6.29. The average Bonchev–Trinajstić information content (AvgIpc) is 2.65. The van der Waals surface area contributed by atoms with Crippen molar-refractivity contribution in [2.24, 2.45) is 4.99 Å². The largest absolute Gasteiger partial charge is 0.497 e. The summed E-state index contributed by atoms with van der Waals surface area (Å²) in [6.45, 7) is 0.910. The van der Waals surface area contributed by atoms with Crippen LogP contribution >= 0.6 is 24.0 Å². The molecule has 0 aliphatic carbocycles. The topological polar surface area (TPSA) is 79.8 Å². The van der Waals surface area contributed by atoms with Gasteiger partial charge in [0.2, 0.25) is 0 Å². The number of sulfone groups is 1. The second-order valence-corrected chi connectivity index (χ2v) is 8.58. The van der Waals surface area contributed by atoms with E-state index < -0.39 is 15.7 Å². The number of aliphatic imine (C=N–C) groups is 1. The molecule has 0 aliphatic heterocycles. The lowest BCUT2D eigenvalue weighted by atomic mass is 10.1. The van der Waals surface area contributed by atoms with Crippen LogP contribution in [0.5, 0.6) is 5.75 Å². The van der Waals surface area contributed by atoms with Crippen molar-refractivity contribution in [3.05, 3.63) is 65.0 Å². The number of hydrogen-bond acceptors (Lipinski definition) is 4. The molecule has 6 nitrogen and oxygen atoms in total. The number of ether oxygens (including phenoxy) is 1. The van der Waals surface area contributed by atoms with E-state index in [9.17, 15) is 12.8 Å². The quantitative estimate of drug-likeness (QED) is 0.309. The molecule has 0 saturated carbocycles. The summed E-state index contributed by atoms with van der Waals surface area (Å²) in [6.07, 6.45) is 1.93. The van der Waals surface area contributed by atoms with Crippen LogP contribution in [0.1, 0.15) is 16.7 Å². The van der Waals surface area contributed by atoms with Crippen molar-refractivity contribution in [3.63, 3.8) is 0 Å². The Labute approximate surface area is 188 Å². The van der Waals surface area contributed by atoms with Crippen molar-refractivity contribution >= 4 is 39.8 Å². The first-order valence-corrected chi connectivity index (χ1v) is 10.9. The second kappa shape index (κ2) is 12.0. The number of hydrogen-bond donors (Lipinski definition) is 2. The Bertz CT molecular complexity index is 936. The van der Waals surface area contributed by atoms with E-state index in [2.05, 4.69) is 15.6 Å². The summed E-state index contributed by atoms with van der Waals surface area (Å²) in [4.78, 5) is 4.15. The van der Waals surface area contributed by atoms with Gasteiger partial charge in [0.1, 0.15) is 11.6 Å². The zero-order valence-corrected chi connectivity index (χ0v) is 19.9. The summed E-state index contributed by atoms with van der Waals surface area (Å²) in [7, 11) is 0.0617. The number of halogens is 2. The third kappa shape index (κ3) is 8.99. The molecule has 0 aromatic heterocycles. The molecule has 2 aromatic carbocycles. The van der Waals surface area contributed by atoms with Gasteiger partial charge in [0, 0.05) is 26.4 Å². The molecule has 0 atom stereocenters. The molecule has 0 fully saturated rings. The van der Waals surface area contributed by atoms with Crippen LogP contribution in [-0.2, 0) is 28.6 Å². The van der Waals surface area contributed by atoms with E-state index in [1.807, 2.05) is 24.3 Å². The van der Waals surface area contributed by atoms with Gasteiger partial charge in [-0.3, -0.25) is 4.99 Å². The molecular weight excluding hydrogens is 508 g/mol. The van der Waals surface area contributed by atoms with Crippen LogP contribution < -0.4 is 15.4 Å². The van der Waals surface area contributed by atoms with Crippen molar-refractivity contribution in [1.29, 1.82) is 0 Å². The summed E-state index contributed by atoms with van der Waals surface area (Å²) < 4.78 is 42.0. The van der Waals surface area contributed by atoms with Crippen LogP contribution in [-0.4, -0.2) is 41.3 Å². The fourth-order valence-corrected chi connectivity index (χ4v) is 3.58. The minimum absolute atomic E-state index is 0. The van der Waals surface area contributed by atoms with Crippen LogP contribution in [0.15, 0.2) is 47.5 Å². The molecular formula is C20H27FIN3O3S. The number of guanidine groups is 1. The van der Waals surface area contributed by atoms with Crippen LogP contribution in [0.25, 0.3) is 0 Å². The van der Waals surface area contributed by atoms with Gasteiger partial charge in [0.15, 0.2) is 15.8 Å². The minimum atomic E-state index is -3.21. The summed E-state index contributed by atoms with van der Waals surface area (Å²) in [6, 6.07) is 11.9. The summed E-state index contributed by atoms with van der Waals surface area (Å²) >= 11 is 0. The average molecular weight is 535 g/mol. The highest BCUT2D eigenvalue weighted by Crippen LogP contribution is 2.15. The molecule has 0 unspecified atom stereocenters. The highest BCUT2D eigenvalue weighted by atomic mass is 127. The molecule has 0 heterocycles. The van der Waals surface area contributed by atoms with Gasteiger partial charge < -0.3 is 15.4 Å². The first-order chi connectivity index (χ1) is 13.3. The third-order valence-corrected chi connectivity index (χ3v) is 4.93. The van der Waals surface area contributed by atoms with E-state index in [1.165, 1.54) is 18.2 Å². The number of nitrogens with zero attached hydrogens (tertiary/aromatic N) is 1. The molecule has 9 heteroatoms. The Hall–Kier alpha value is -1.88. The van der Waals surface area contributed by atoms with E-state index in [0.29, 0.717) is 23.6 Å². The Morgan fingerprint density at radius 3 is 2.55 bits per heavy atom. The van der Waals surface area contributed by atoms with Gasteiger partial charge in [0.05, 0.1) is 12.9 Å². The number of nitrogens with one attached hydrogen (secondary N) is 2. The van der Waals surface area contributed by atoms with Crippen molar-refractivity contribution in [2.45, 2.75) is 18.7 Å². The molecule has 0 bridgehead atoms. The number of rotatable bonds is 8. The van der Waals surface area contributed by atoms with E-state index >= 15 is 0 Å². The zero-order valence-electron chi connectivity index (χ0n) is 16.7. The first kappa shape index (κ1) is 25.2. The third-order valence-electron chi connectivity index (χ3n) is 4.10. The van der Waals surface area contributed by atoms with E-state index in [0.717, 1.165) is 24.0 Å². The van der Waals surface area contributed by atoms with E-state index in [1.54, 1.807) is 14.2 Å². The Kier molecular flexibility index (Phi) is 10.4. The number of benzene rings is 2. The van der Waals surface area contributed by atoms with Crippen LogP contribution in [0, 0.1) is 5.82 Å². The highest BCUT2D eigenvalue weighted by molar-refractivity contribution is 14.0. The minimum Gasteiger partial charge on any atom is -0.497 e. The predicted molar refractivity (Wildman–Crippen MR) is 125 cm³/mol. The molecule has 160 valence electrons. The maximum absolute atomic E-state index is 13.6. The molecule has 0 saturated heterocycles. The molecule has 29 heavy (non-hydrogen) atoms. The number of methoxy groups -OCH3 is 1. The lowest BCUT2D eigenvalue weighted by Crippen LogP contribution is -2.38. The Balaban J connectivity index is 0.00000420. The molecule has 0 amide bonds. The van der Waals surface area contributed by atoms with Gasteiger partial charge in [-0.05, 0) is 47.4 Å². The van der Waals surface area contributed by atoms with Gasteiger partial charge in [0.25, 0.3) is 0 Å². The maximum atomic E-state index is 13.6. The zero-order chi connectivity index (χ0) is 20.6. The standard InChI is InChI=1S/C20H26FN3O3S.HI/c1-22-20(23-10-9-15-5-4-6-19(11-15)27-2)24-13-17-12-18(21)8-7-16(17)14-28(3,25)26;/h4-8,11-12H,9-10,13-14H2,1-3H3,(H2,22,23,24);1H.